The van der Waals surface area contributed by atoms with Crippen LogP contribution in [0.15, 0.2) is 86.0 Å². The van der Waals surface area contributed by atoms with Gasteiger partial charge in [-0.15, -0.1) is 0 Å². The number of hydrogen-bond donors (Lipinski definition) is 2. The lowest BCUT2D eigenvalue weighted by molar-refractivity contribution is 0.331. The van der Waals surface area contributed by atoms with E-state index in [1.807, 2.05) is 36.8 Å². The van der Waals surface area contributed by atoms with Crippen LogP contribution < -0.4 is 0 Å². The third-order valence-corrected chi connectivity index (χ3v) is 7.11. The van der Waals surface area contributed by atoms with Gasteiger partial charge in [-0.05, 0) is 79.9 Å². The molecule has 1 fully saturated rings. The Bertz CT molecular complexity index is 1580. The summed E-state index contributed by atoms with van der Waals surface area (Å²) in [6.45, 7) is 9.32. The largest absolute Gasteiger partial charge is 0.357 e. The zero-order valence-corrected chi connectivity index (χ0v) is 21.0. The molecule has 1 aliphatic heterocycles. The molecule has 0 saturated carbocycles. The molecule has 1 saturated heterocycles. The average Bonchev–Trinajstić information content (AvgIpc) is 3.68. The number of aromatic amines is 2. The van der Waals surface area contributed by atoms with Crippen molar-refractivity contribution in [1.29, 1.82) is 0 Å². The summed E-state index contributed by atoms with van der Waals surface area (Å²) in [6.07, 6.45) is 14.0. The molecule has 5 aromatic rings. The van der Waals surface area contributed by atoms with E-state index in [1.54, 1.807) is 6.20 Å². The molecule has 6 nitrogen and oxygen atoms in total. The fourth-order valence-corrected chi connectivity index (χ4v) is 5.28. The Balaban J connectivity index is 1.36. The number of rotatable bonds is 7. The van der Waals surface area contributed by atoms with Crippen molar-refractivity contribution in [2.75, 3.05) is 13.1 Å². The predicted octanol–water partition coefficient (Wildman–Crippen LogP) is 6.54. The molecule has 4 aromatic heterocycles. The van der Waals surface area contributed by atoms with E-state index >= 15 is 0 Å². The summed E-state index contributed by atoms with van der Waals surface area (Å²) >= 11 is 0. The lowest BCUT2D eigenvalue weighted by atomic mass is 9.98. The highest BCUT2D eigenvalue weighted by molar-refractivity contribution is 5.96. The van der Waals surface area contributed by atoms with Gasteiger partial charge in [0.1, 0.15) is 5.69 Å². The zero-order valence-electron chi connectivity index (χ0n) is 21.0. The van der Waals surface area contributed by atoms with Crippen molar-refractivity contribution in [3.8, 4) is 22.5 Å². The maximum atomic E-state index is 4.69. The van der Waals surface area contributed by atoms with Crippen LogP contribution in [0.25, 0.3) is 39.0 Å². The molecule has 0 radical (unpaired) electrons. The summed E-state index contributed by atoms with van der Waals surface area (Å²) in [4.78, 5) is 14.9. The monoisotopic (exact) mass is 486 g/mol. The summed E-state index contributed by atoms with van der Waals surface area (Å²) in [5.74, 6) is 0. The Kier molecular flexibility index (Phi) is 6.25. The van der Waals surface area contributed by atoms with E-state index in [9.17, 15) is 0 Å². The number of benzene rings is 1. The molecule has 184 valence electrons. The van der Waals surface area contributed by atoms with E-state index in [0.29, 0.717) is 0 Å². The lowest BCUT2D eigenvalue weighted by Gasteiger charge is -2.14. The predicted molar refractivity (Wildman–Crippen MR) is 150 cm³/mol. The molecule has 0 aliphatic carbocycles. The summed E-state index contributed by atoms with van der Waals surface area (Å²) < 4.78 is 0. The van der Waals surface area contributed by atoms with Gasteiger partial charge in [0, 0.05) is 59.1 Å². The van der Waals surface area contributed by atoms with Gasteiger partial charge < -0.3 is 4.98 Å². The topological polar surface area (TPSA) is 73.5 Å². The van der Waals surface area contributed by atoms with Gasteiger partial charge in [-0.1, -0.05) is 30.9 Å². The molecule has 0 amide bonds. The average molecular weight is 487 g/mol. The smallest absolute Gasteiger partial charge is 0.116 e. The van der Waals surface area contributed by atoms with Crippen molar-refractivity contribution in [1.82, 2.24) is 30.0 Å². The molecule has 6 heteroatoms. The number of nitrogens with one attached hydrogen (secondary N) is 2. The highest BCUT2D eigenvalue weighted by atomic mass is 15.1. The van der Waals surface area contributed by atoms with E-state index in [1.165, 1.54) is 31.5 Å². The molecule has 0 spiro atoms. The number of allylic oxidation sites excluding steroid dienone is 2. The Labute approximate surface area is 216 Å². The molecule has 5 heterocycles. The summed E-state index contributed by atoms with van der Waals surface area (Å²) in [5.41, 5.74) is 10.7. The highest BCUT2D eigenvalue weighted by Crippen LogP contribution is 2.34. The number of hydrogen-bond acceptors (Lipinski definition) is 4. The molecular weight excluding hydrogens is 456 g/mol. The van der Waals surface area contributed by atoms with Crippen LogP contribution in [-0.2, 0) is 6.54 Å². The van der Waals surface area contributed by atoms with Gasteiger partial charge in [-0.2, -0.15) is 5.10 Å². The minimum Gasteiger partial charge on any atom is -0.357 e. The Hall–Kier alpha value is -4.29. The molecule has 1 aromatic carbocycles. The number of nitrogens with zero attached hydrogens (tertiary/aromatic N) is 4. The second-order valence-corrected chi connectivity index (χ2v) is 9.68. The quantitative estimate of drug-likeness (QED) is 0.256. The van der Waals surface area contributed by atoms with Crippen molar-refractivity contribution in [3.05, 3.63) is 108 Å². The summed E-state index contributed by atoms with van der Waals surface area (Å²) in [6, 6.07) is 14.9. The number of aromatic nitrogens is 5. The van der Waals surface area contributed by atoms with Crippen molar-refractivity contribution in [3.63, 3.8) is 0 Å². The van der Waals surface area contributed by atoms with Crippen LogP contribution in [-0.4, -0.2) is 43.1 Å². The third kappa shape index (κ3) is 4.63. The van der Waals surface area contributed by atoms with Gasteiger partial charge in [0.25, 0.3) is 0 Å². The maximum absolute atomic E-state index is 4.69. The minimum atomic E-state index is 0.900. The van der Waals surface area contributed by atoms with E-state index in [2.05, 4.69) is 80.0 Å². The Morgan fingerprint density at radius 2 is 1.92 bits per heavy atom. The molecule has 0 unspecified atom stereocenters. The normalized spacial score (nSPS) is 14.5. The fraction of sp³-hybridized carbons (Fsp3) is 0.194. The summed E-state index contributed by atoms with van der Waals surface area (Å²) in [7, 11) is 0. The maximum Gasteiger partial charge on any atom is 0.116 e. The van der Waals surface area contributed by atoms with E-state index in [4.69, 9.17) is 0 Å². The van der Waals surface area contributed by atoms with Gasteiger partial charge in [0.15, 0.2) is 0 Å². The van der Waals surface area contributed by atoms with Gasteiger partial charge in [0.2, 0.25) is 0 Å². The molecule has 2 N–H and O–H groups in total. The van der Waals surface area contributed by atoms with Crippen LogP contribution >= 0.6 is 0 Å². The van der Waals surface area contributed by atoms with Crippen molar-refractivity contribution >= 4 is 16.5 Å². The highest BCUT2D eigenvalue weighted by Gasteiger charge is 2.17. The first kappa shape index (κ1) is 23.1. The Morgan fingerprint density at radius 3 is 2.73 bits per heavy atom. The molecule has 1 aliphatic rings. The molecular formula is C31H30N6. The van der Waals surface area contributed by atoms with Crippen molar-refractivity contribution in [2.45, 2.75) is 26.3 Å². The van der Waals surface area contributed by atoms with Crippen LogP contribution in [0.2, 0.25) is 0 Å². The third-order valence-electron chi connectivity index (χ3n) is 7.11. The van der Waals surface area contributed by atoms with Crippen LogP contribution in [0.3, 0.4) is 0 Å². The van der Waals surface area contributed by atoms with Crippen LogP contribution in [0.1, 0.15) is 35.2 Å². The Morgan fingerprint density at radius 1 is 1.03 bits per heavy atom. The standard InChI is InChI=1S/C31H30N6/c1-3-7-26(24-8-6-11-32-18-24)27-16-30(34-21(27)2)31-28-15-23(9-10-29(28)35-36-31)25-14-22(17-33-19-25)20-37-12-4-5-13-37/h3,6-11,14-19,34H,1,4-5,12-13,20H2,2H3,(H,35,36)/b26-7-. The van der Waals surface area contributed by atoms with Crippen molar-refractivity contribution < 1.29 is 0 Å². The van der Waals surface area contributed by atoms with E-state index in [-0.39, 0.29) is 0 Å². The molecule has 37 heavy (non-hydrogen) atoms. The van der Waals surface area contributed by atoms with Crippen LogP contribution in [0.4, 0.5) is 0 Å². The van der Waals surface area contributed by atoms with Crippen LogP contribution in [0, 0.1) is 6.92 Å². The number of likely N-dealkylation sites (tertiary alicyclic amines) is 1. The van der Waals surface area contributed by atoms with E-state index in [0.717, 1.165) is 62.4 Å². The van der Waals surface area contributed by atoms with Crippen LogP contribution in [0.5, 0.6) is 0 Å². The molecule has 6 rings (SSSR count). The minimum absolute atomic E-state index is 0.900. The molecule has 0 atom stereocenters. The number of pyridine rings is 2. The van der Waals surface area contributed by atoms with Gasteiger partial charge in [-0.25, -0.2) is 0 Å². The van der Waals surface area contributed by atoms with Gasteiger partial charge >= 0.3 is 0 Å². The number of fused-ring (bicyclic) bond motifs is 1. The first-order valence-corrected chi connectivity index (χ1v) is 12.8. The second kappa shape index (κ2) is 9.99. The lowest BCUT2D eigenvalue weighted by Crippen LogP contribution is -2.18. The molecule has 0 bridgehead atoms. The number of aryl methyl sites for hydroxylation is 1. The zero-order chi connectivity index (χ0) is 25.2. The van der Waals surface area contributed by atoms with E-state index < -0.39 is 0 Å². The number of H-pyrrole nitrogens is 2. The van der Waals surface area contributed by atoms with Gasteiger partial charge in [0.05, 0.1) is 11.2 Å². The summed E-state index contributed by atoms with van der Waals surface area (Å²) in [5, 5.41) is 8.97. The van der Waals surface area contributed by atoms with Gasteiger partial charge in [-0.3, -0.25) is 20.0 Å². The fourth-order valence-electron chi connectivity index (χ4n) is 5.28. The second-order valence-electron chi connectivity index (χ2n) is 9.68. The SMILES string of the molecule is C=C/C=C(/c1cccnc1)c1cc(-c2n[nH]c3ccc(-c4cncc(CN5CCCC5)c4)cc23)[nH]c1C. The first-order valence-electron chi connectivity index (χ1n) is 12.8. The first-order chi connectivity index (χ1) is 18.2. The van der Waals surface area contributed by atoms with Crippen molar-refractivity contribution in [2.24, 2.45) is 0 Å².